The van der Waals surface area contributed by atoms with Gasteiger partial charge in [-0.2, -0.15) is 0 Å². The Balaban J connectivity index is 0.000000671. The maximum atomic E-state index is 10.1. The Morgan fingerprint density at radius 1 is 1.46 bits per heavy atom. The van der Waals surface area contributed by atoms with E-state index in [2.05, 4.69) is 0 Å². The summed E-state index contributed by atoms with van der Waals surface area (Å²) >= 11 is 0. The molecule has 0 bridgehead atoms. The number of morpholine rings is 1. The van der Waals surface area contributed by atoms with Crippen LogP contribution in [0, 0.1) is 0 Å². The molecule has 0 spiro atoms. The first-order valence-corrected chi connectivity index (χ1v) is 4.76. The Labute approximate surface area is 79.5 Å². The molecule has 1 fully saturated rings. The van der Waals surface area contributed by atoms with E-state index in [0.29, 0.717) is 26.0 Å². The van der Waals surface area contributed by atoms with Crippen LogP contribution in [0.25, 0.3) is 0 Å². The lowest BCUT2D eigenvalue weighted by molar-refractivity contribution is -0.116. The fraction of sp³-hybridized carbons (Fsp3) is 0.889. The Morgan fingerprint density at radius 2 is 2.00 bits per heavy atom. The molecule has 1 atom stereocenters. The standard InChI is InChI=1S/C7H13NO3.C2H6/c9-6-7(10)5-8-1-3-11-4-2-8;1-2/h6-7,10H,1-5H2;1-2H3. The normalized spacial score (nSPS) is 19.9. The van der Waals surface area contributed by atoms with Gasteiger partial charge in [0, 0.05) is 19.6 Å². The molecule has 1 unspecified atom stereocenters. The van der Waals surface area contributed by atoms with Crippen LogP contribution in [0.3, 0.4) is 0 Å². The van der Waals surface area contributed by atoms with Gasteiger partial charge in [0.15, 0.2) is 0 Å². The maximum absolute atomic E-state index is 10.1. The Bertz CT molecular complexity index is 124. The van der Waals surface area contributed by atoms with Crippen molar-refractivity contribution in [3.63, 3.8) is 0 Å². The number of β-amino-alcohol motifs (C(OH)–C–C–N with tert-alkyl or cyclic N) is 1. The van der Waals surface area contributed by atoms with Gasteiger partial charge in [-0.25, -0.2) is 0 Å². The molecule has 1 N–H and O–H groups in total. The van der Waals surface area contributed by atoms with Crippen LogP contribution in [0.5, 0.6) is 0 Å². The number of aliphatic hydroxyl groups excluding tert-OH is 1. The lowest BCUT2D eigenvalue weighted by Crippen LogP contribution is -2.41. The fourth-order valence-electron chi connectivity index (χ4n) is 1.09. The molecular formula is C9H19NO3. The maximum Gasteiger partial charge on any atom is 0.149 e. The van der Waals surface area contributed by atoms with Crippen LogP contribution >= 0.6 is 0 Å². The van der Waals surface area contributed by atoms with E-state index < -0.39 is 6.10 Å². The molecule has 1 rings (SSSR count). The van der Waals surface area contributed by atoms with Crippen molar-refractivity contribution in [2.75, 3.05) is 32.8 Å². The van der Waals surface area contributed by atoms with Crippen LogP contribution in [-0.4, -0.2) is 55.2 Å². The number of ether oxygens (including phenoxy) is 1. The van der Waals surface area contributed by atoms with Gasteiger partial charge in [-0.15, -0.1) is 0 Å². The first-order valence-electron chi connectivity index (χ1n) is 4.76. The van der Waals surface area contributed by atoms with E-state index in [1.54, 1.807) is 0 Å². The molecule has 0 aromatic heterocycles. The number of nitrogens with zero attached hydrogens (tertiary/aromatic N) is 1. The van der Waals surface area contributed by atoms with Crippen molar-refractivity contribution in [2.24, 2.45) is 0 Å². The number of rotatable bonds is 3. The zero-order valence-electron chi connectivity index (χ0n) is 8.40. The summed E-state index contributed by atoms with van der Waals surface area (Å²) in [4.78, 5) is 12.1. The van der Waals surface area contributed by atoms with Crippen LogP contribution in [0.1, 0.15) is 13.8 Å². The third kappa shape index (κ3) is 5.74. The monoisotopic (exact) mass is 189 g/mol. The van der Waals surface area contributed by atoms with Crippen LogP contribution in [0.4, 0.5) is 0 Å². The SMILES string of the molecule is CC.O=CC(O)CN1CCOCC1. The van der Waals surface area contributed by atoms with E-state index in [0.717, 1.165) is 13.1 Å². The smallest absolute Gasteiger partial charge is 0.149 e. The molecule has 1 heterocycles. The Morgan fingerprint density at radius 3 is 2.46 bits per heavy atom. The van der Waals surface area contributed by atoms with E-state index in [-0.39, 0.29) is 0 Å². The first-order chi connectivity index (χ1) is 6.33. The predicted octanol–water partition coefficient (Wildman–Crippen LogP) is -0.0954. The zero-order chi connectivity index (χ0) is 10.1. The van der Waals surface area contributed by atoms with Crippen LogP contribution < -0.4 is 0 Å². The summed E-state index contributed by atoms with van der Waals surface area (Å²) < 4.78 is 5.10. The second-order valence-corrected chi connectivity index (χ2v) is 2.62. The summed E-state index contributed by atoms with van der Waals surface area (Å²) in [5.41, 5.74) is 0. The molecule has 78 valence electrons. The Kier molecular flexibility index (Phi) is 7.88. The zero-order valence-corrected chi connectivity index (χ0v) is 8.40. The van der Waals surface area contributed by atoms with Gasteiger partial charge in [-0.05, 0) is 0 Å². The lowest BCUT2D eigenvalue weighted by Gasteiger charge is -2.26. The molecule has 1 aliphatic rings. The second-order valence-electron chi connectivity index (χ2n) is 2.62. The number of carbonyl (C=O) groups is 1. The second kappa shape index (κ2) is 8.16. The minimum Gasteiger partial charge on any atom is -0.384 e. The molecule has 13 heavy (non-hydrogen) atoms. The van der Waals surface area contributed by atoms with Crippen molar-refractivity contribution >= 4 is 6.29 Å². The first kappa shape index (κ1) is 12.6. The van der Waals surface area contributed by atoms with Gasteiger partial charge < -0.3 is 14.6 Å². The van der Waals surface area contributed by atoms with Crippen LogP contribution in [0.2, 0.25) is 0 Å². The summed E-state index contributed by atoms with van der Waals surface area (Å²) in [6.07, 6.45) is -0.275. The van der Waals surface area contributed by atoms with Crippen molar-refractivity contribution in [2.45, 2.75) is 20.0 Å². The Hall–Kier alpha value is -0.450. The quantitative estimate of drug-likeness (QED) is 0.630. The van der Waals surface area contributed by atoms with Gasteiger partial charge in [-0.1, -0.05) is 13.8 Å². The summed E-state index contributed by atoms with van der Waals surface area (Å²) in [6, 6.07) is 0. The van der Waals surface area contributed by atoms with Crippen molar-refractivity contribution in [3.05, 3.63) is 0 Å². The van der Waals surface area contributed by atoms with Gasteiger partial charge >= 0.3 is 0 Å². The molecule has 4 heteroatoms. The molecule has 1 saturated heterocycles. The number of carbonyl (C=O) groups excluding carboxylic acids is 1. The third-order valence-electron chi connectivity index (χ3n) is 1.71. The van der Waals surface area contributed by atoms with Gasteiger partial charge in [0.05, 0.1) is 13.2 Å². The largest absolute Gasteiger partial charge is 0.384 e. The third-order valence-corrected chi connectivity index (χ3v) is 1.71. The number of aliphatic hydroxyl groups is 1. The highest BCUT2D eigenvalue weighted by atomic mass is 16.5. The summed E-state index contributed by atoms with van der Waals surface area (Å²) in [5.74, 6) is 0. The number of hydrogen-bond acceptors (Lipinski definition) is 4. The van der Waals surface area contributed by atoms with E-state index in [1.165, 1.54) is 0 Å². The van der Waals surface area contributed by atoms with Crippen molar-refractivity contribution in [1.82, 2.24) is 4.90 Å². The van der Waals surface area contributed by atoms with E-state index in [1.807, 2.05) is 18.7 Å². The highest BCUT2D eigenvalue weighted by Crippen LogP contribution is 1.96. The van der Waals surface area contributed by atoms with Crippen molar-refractivity contribution in [3.8, 4) is 0 Å². The molecule has 0 radical (unpaired) electrons. The van der Waals surface area contributed by atoms with Crippen molar-refractivity contribution < 1.29 is 14.6 Å². The molecule has 0 amide bonds. The van der Waals surface area contributed by atoms with E-state index in [4.69, 9.17) is 9.84 Å². The summed E-state index contributed by atoms with van der Waals surface area (Å²) in [7, 11) is 0. The minimum atomic E-state index is -0.840. The van der Waals surface area contributed by atoms with Crippen LogP contribution in [0.15, 0.2) is 0 Å². The molecule has 0 aromatic carbocycles. The average molecular weight is 189 g/mol. The summed E-state index contributed by atoms with van der Waals surface area (Å²) in [6.45, 7) is 7.46. The highest BCUT2D eigenvalue weighted by molar-refractivity contribution is 5.55. The number of hydrogen-bond donors (Lipinski definition) is 1. The molecule has 1 aliphatic heterocycles. The van der Waals surface area contributed by atoms with Crippen molar-refractivity contribution in [1.29, 1.82) is 0 Å². The van der Waals surface area contributed by atoms with Gasteiger partial charge in [-0.3, -0.25) is 4.90 Å². The minimum absolute atomic E-state index is 0.437. The summed E-state index contributed by atoms with van der Waals surface area (Å²) in [5, 5.41) is 8.96. The van der Waals surface area contributed by atoms with Crippen LogP contribution in [-0.2, 0) is 9.53 Å². The van der Waals surface area contributed by atoms with Gasteiger partial charge in [0.1, 0.15) is 12.4 Å². The lowest BCUT2D eigenvalue weighted by atomic mass is 10.3. The number of aldehydes is 1. The van der Waals surface area contributed by atoms with E-state index in [9.17, 15) is 4.79 Å². The molecule has 0 aliphatic carbocycles. The molecular weight excluding hydrogens is 170 g/mol. The average Bonchev–Trinajstić information content (AvgIpc) is 2.22. The molecule has 0 aromatic rings. The molecule has 0 saturated carbocycles. The van der Waals surface area contributed by atoms with Gasteiger partial charge in [0.2, 0.25) is 0 Å². The fourth-order valence-corrected chi connectivity index (χ4v) is 1.09. The van der Waals surface area contributed by atoms with Gasteiger partial charge in [0.25, 0.3) is 0 Å². The predicted molar refractivity (Wildman–Crippen MR) is 50.7 cm³/mol. The van der Waals surface area contributed by atoms with E-state index >= 15 is 0 Å². The highest BCUT2D eigenvalue weighted by Gasteiger charge is 2.13. The molecule has 4 nitrogen and oxygen atoms in total. The topological polar surface area (TPSA) is 49.8 Å².